The summed E-state index contributed by atoms with van der Waals surface area (Å²) >= 11 is 0. The van der Waals surface area contributed by atoms with Crippen LogP contribution >= 0.6 is 0 Å². The van der Waals surface area contributed by atoms with E-state index in [-0.39, 0.29) is 18.0 Å². The minimum atomic E-state index is -0.833. The number of nitrogen functional groups attached to an aromatic ring is 1. The van der Waals surface area contributed by atoms with Gasteiger partial charge in [0.25, 0.3) is 5.97 Å². The Hall–Kier alpha value is -3.81. The average molecular weight is 594 g/mol. The summed E-state index contributed by atoms with van der Waals surface area (Å²) in [6.07, 6.45) is 7.79. The van der Waals surface area contributed by atoms with E-state index in [0.717, 1.165) is 100 Å². The van der Waals surface area contributed by atoms with Crippen molar-refractivity contribution in [1.82, 2.24) is 34.9 Å². The number of aliphatic carboxylic acids is 1. The van der Waals surface area contributed by atoms with Crippen molar-refractivity contribution < 1.29 is 19.4 Å². The number of carbonyl (C=O) groups is 2. The van der Waals surface area contributed by atoms with Crippen molar-refractivity contribution in [1.29, 1.82) is 0 Å². The summed E-state index contributed by atoms with van der Waals surface area (Å²) in [7, 11) is 3.81. The summed E-state index contributed by atoms with van der Waals surface area (Å²) in [6.45, 7) is 6.55. The molecular formula is C30H43N9O4. The van der Waals surface area contributed by atoms with Crippen LogP contribution in [0.15, 0.2) is 24.5 Å². The molecule has 4 heterocycles. The van der Waals surface area contributed by atoms with Gasteiger partial charge in [0.05, 0.1) is 30.3 Å². The number of carboxylic acids is 1. The van der Waals surface area contributed by atoms with Gasteiger partial charge >= 0.3 is 0 Å². The molecule has 0 radical (unpaired) electrons. The van der Waals surface area contributed by atoms with E-state index >= 15 is 0 Å². The third kappa shape index (κ3) is 7.06. The first-order valence-electron chi connectivity index (χ1n) is 15.1. The number of amides is 1. The van der Waals surface area contributed by atoms with Crippen molar-refractivity contribution >= 4 is 34.4 Å². The van der Waals surface area contributed by atoms with Crippen LogP contribution in [0.4, 0.5) is 11.5 Å². The van der Waals surface area contributed by atoms with E-state index in [1.807, 2.05) is 18.2 Å². The van der Waals surface area contributed by atoms with Crippen molar-refractivity contribution in [3.05, 3.63) is 24.5 Å². The van der Waals surface area contributed by atoms with Gasteiger partial charge in [-0.15, -0.1) is 0 Å². The minimum absolute atomic E-state index is 0.0434. The third-order valence-corrected chi connectivity index (χ3v) is 8.69. The predicted molar refractivity (Wildman–Crippen MR) is 165 cm³/mol. The van der Waals surface area contributed by atoms with Crippen molar-refractivity contribution in [2.24, 2.45) is 0 Å². The van der Waals surface area contributed by atoms with E-state index in [1.165, 1.54) is 6.33 Å². The lowest BCUT2D eigenvalue weighted by Crippen LogP contribution is -2.49. The van der Waals surface area contributed by atoms with Crippen molar-refractivity contribution in [3.8, 4) is 17.0 Å². The number of aromatic nitrogens is 4. The first kappa shape index (κ1) is 30.6. The highest BCUT2D eigenvalue weighted by Gasteiger charge is 2.31. The topological polar surface area (TPSA) is 164 Å². The Morgan fingerprint density at radius 2 is 1.77 bits per heavy atom. The summed E-state index contributed by atoms with van der Waals surface area (Å²) in [4.78, 5) is 35.7. The molecule has 13 nitrogen and oxygen atoms in total. The van der Waals surface area contributed by atoms with Crippen molar-refractivity contribution in [2.75, 3.05) is 57.9 Å². The SMILES string of the molecule is CC(=O)O.COc1cc(-c2nn(C3CCC(N4CCN(C)CC4)CC3)c3ncnc(N)c23)ccc1NC(=O)[C@H]1CCCN1. The van der Waals surface area contributed by atoms with Gasteiger partial charge < -0.3 is 31.1 Å². The number of nitrogens with zero attached hydrogens (tertiary/aromatic N) is 6. The van der Waals surface area contributed by atoms with Crippen LogP contribution in [0, 0.1) is 0 Å². The Morgan fingerprint density at radius 3 is 2.42 bits per heavy atom. The number of anilines is 2. The van der Waals surface area contributed by atoms with Crippen molar-refractivity contribution in [2.45, 2.75) is 63.6 Å². The maximum atomic E-state index is 12.7. The highest BCUT2D eigenvalue weighted by atomic mass is 16.5. The van der Waals surface area contributed by atoms with Gasteiger partial charge in [0, 0.05) is 44.7 Å². The summed E-state index contributed by atoms with van der Waals surface area (Å²) in [6, 6.07) is 6.45. The number of nitrogens with one attached hydrogen (secondary N) is 2. The largest absolute Gasteiger partial charge is 0.495 e. The summed E-state index contributed by atoms with van der Waals surface area (Å²) < 4.78 is 7.74. The maximum absolute atomic E-state index is 12.7. The van der Waals surface area contributed by atoms with Gasteiger partial charge in [0.1, 0.15) is 23.6 Å². The van der Waals surface area contributed by atoms with Crippen LogP contribution in [0.5, 0.6) is 5.75 Å². The molecule has 3 aromatic rings. The van der Waals surface area contributed by atoms with E-state index in [0.29, 0.717) is 23.3 Å². The molecule has 2 aromatic heterocycles. The van der Waals surface area contributed by atoms with Gasteiger partial charge in [-0.05, 0) is 64.3 Å². The smallest absolute Gasteiger partial charge is 0.300 e. The maximum Gasteiger partial charge on any atom is 0.300 e. The zero-order chi connectivity index (χ0) is 30.5. The number of carboxylic acid groups (broad SMARTS) is 1. The molecule has 3 aliphatic rings. The quantitative estimate of drug-likeness (QED) is 0.332. The molecule has 3 fully saturated rings. The van der Waals surface area contributed by atoms with Gasteiger partial charge in [0.15, 0.2) is 5.65 Å². The molecule has 1 aromatic carbocycles. The number of fused-ring (bicyclic) bond motifs is 1. The van der Waals surface area contributed by atoms with Crippen LogP contribution in [0.1, 0.15) is 51.5 Å². The van der Waals surface area contributed by atoms with Gasteiger partial charge in [0.2, 0.25) is 5.91 Å². The van der Waals surface area contributed by atoms with Crippen molar-refractivity contribution in [3.63, 3.8) is 0 Å². The second-order valence-corrected chi connectivity index (χ2v) is 11.6. The van der Waals surface area contributed by atoms with Crippen LogP contribution in [0.25, 0.3) is 22.3 Å². The number of carbonyl (C=O) groups excluding carboxylic acids is 1. The molecule has 0 bridgehead atoms. The molecule has 1 amide bonds. The van der Waals surface area contributed by atoms with Gasteiger partial charge in [-0.3, -0.25) is 14.5 Å². The van der Waals surface area contributed by atoms with Gasteiger partial charge in [-0.2, -0.15) is 5.10 Å². The fraction of sp³-hybridized carbons (Fsp3) is 0.567. The lowest BCUT2D eigenvalue weighted by atomic mass is 9.90. The Labute approximate surface area is 251 Å². The Bertz CT molecular complexity index is 1420. The van der Waals surface area contributed by atoms with Crippen LogP contribution in [-0.4, -0.2) is 105 Å². The summed E-state index contributed by atoms with van der Waals surface area (Å²) in [5, 5.41) is 19.5. The van der Waals surface area contributed by atoms with E-state index in [2.05, 4.69) is 42.1 Å². The van der Waals surface area contributed by atoms with Gasteiger partial charge in [-0.25, -0.2) is 14.6 Å². The Balaban J connectivity index is 0.000000868. The molecule has 1 saturated carbocycles. The highest BCUT2D eigenvalue weighted by molar-refractivity contribution is 6.00. The lowest BCUT2D eigenvalue weighted by Gasteiger charge is -2.41. The van der Waals surface area contributed by atoms with E-state index < -0.39 is 5.97 Å². The molecule has 1 atom stereocenters. The molecular weight excluding hydrogens is 550 g/mol. The normalized spacial score (nSPS) is 23.0. The molecule has 232 valence electrons. The molecule has 0 spiro atoms. The number of hydrogen-bond donors (Lipinski definition) is 4. The number of rotatable bonds is 6. The summed E-state index contributed by atoms with van der Waals surface area (Å²) in [5.41, 5.74) is 9.38. The number of ether oxygens (including phenoxy) is 1. The zero-order valence-electron chi connectivity index (χ0n) is 25.3. The Kier molecular flexibility index (Phi) is 9.73. The monoisotopic (exact) mass is 593 g/mol. The molecule has 5 N–H and O–H groups in total. The number of hydrogen-bond acceptors (Lipinski definition) is 10. The molecule has 2 aliphatic heterocycles. The fourth-order valence-electron chi connectivity index (χ4n) is 6.38. The molecule has 0 unspecified atom stereocenters. The first-order chi connectivity index (χ1) is 20.7. The van der Waals surface area contributed by atoms with Crippen LogP contribution in [-0.2, 0) is 9.59 Å². The molecule has 43 heavy (non-hydrogen) atoms. The molecule has 13 heteroatoms. The third-order valence-electron chi connectivity index (χ3n) is 8.69. The van der Waals surface area contributed by atoms with E-state index in [4.69, 9.17) is 25.5 Å². The number of likely N-dealkylation sites (N-methyl/N-ethyl adjacent to an activating group) is 1. The summed E-state index contributed by atoms with van der Waals surface area (Å²) in [5.74, 6) is 0.110. The number of benzene rings is 1. The zero-order valence-corrected chi connectivity index (χ0v) is 25.3. The first-order valence-corrected chi connectivity index (χ1v) is 15.1. The Morgan fingerprint density at radius 1 is 1.07 bits per heavy atom. The van der Waals surface area contributed by atoms with Crippen LogP contribution < -0.4 is 21.1 Å². The second-order valence-electron chi connectivity index (χ2n) is 11.6. The number of nitrogens with two attached hydrogens (primary N) is 1. The molecule has 2 saturated heterocycles. The van der Waals surface area contributed by atoms with E-state index in [1.54, 1.807) is 7.11 Å². The second kappa shape index (κ2) is 13.7. The van der Waals surface area contributed by atoms with Gasteiger partial charge in [-0.1, -0.05) is 6.07 Å². The van der Waals surface area contributed by atoms with Crippen LogP contribution in [0.3, 0.4) is 0 Å². The minimum Gasteiger partial charge on any atom is -0.495 e. The molecule has 1 aliphatic carbocycles. The number of piperazine rings is 1. The number of methoxy groups -OCH3 is 1. The highest BCUT2D eigenvalue weighted by Crippen LogP contribution is 2.39. The molecule has 6 rings (SSSR count). The van der Waals surface area contributed by atoms with E-state index in [9.17, 15) is 4.79 Å². The predicted octanol–water partition coefficient (Wildman–Crippen LogP) is 2.60. The van der Waals surface area contributed by atoms with Crippen LogP contribution in [0.2, 0.25) is 0 Å². The fourth-order valence-corrected chi connectivity index (χ4v) is 6.38. The standard InChI is InChI=1S/C28H39N9O2.C2H4O2/c1-35-12-14-36(15-13-35)19-6-8-20(9-7-19)37-27-24(26(29)31-17-32-27)25(34-37)18-5-10-21(23(16-18)39-2)33-28(38)22-4-3-11-30-22;1-2(3)4/h5,10,16-17,19-20,22,30H,3-4,6-9,11-15H2,1-2H3,(H,33,38)(H2,29,31,32);1H3,(H,3,4)/t19?,20?,22-;/m1./s1. The lowest BCUT2D eigenvalue weighted by molar-refractivity contribution is -0.134. The average Bonchev–Trinajstić information content (AvgIpc) is 3.68.